The number of fused-ring (bicyclic) bond motifs is 1. The molecule has 3 aromatic rings. The average Bonchev–Trinajstić information content (AvgIpc) is 2.81. The number of nitrogens with zero attached hydrogens (tertiary/aromatic N) is 3. The van der Waals surface area contributed by atoms with Crippen LogP contribution >= 0.6 is 0 Å². The molecule has 8 heteroatoms. The minimum Gasteiger partial charge on any atom is -0.495 e. The molecule has 4 rings (SSSR count). The minimum atomic E-state index is -0.443. The van der Waals surface area contributed by atoms with Gasteiger partial charge in [-0.15, -0.1) is 0 Å². The van der Waals surface area contributed by atoms with Gasteiger partial charge in [0.05, 0.1) is 23.7 Å². The van der Waals surface area contributed by atoms with Gasteiger partial charge in [0.25, 0.3) is 5.56 Å². The fourth-order valence-corrected chi connectivity index (χ4v) is 4.04. The molecular formula is C23H26N4O4. The molecule has 31 heavy (non-hydrogen) atoms. The van der Waals surface area contributed by atoms with Gasteiger partial charge in [-0.25, -0.2) is 4.79 Å². The summed E-state index contributed by atoms with van der Waals surface area (Å²) in [5.74, 6) is 0.873. The average molecular weight is 422 g/mol. The molecule has 0 aliphatic carbocycles. The second-order valence-electron chi connectivity index (χ2n) is 7.58. The van der Waals surface area contributed by atoms with Crippen molar-refractivity contribution < 1.29 is 9.53 Å². The number of H-pyrrole nitrogens is 1. The summed E-state index contributed by atoms with van der Waals surface area (Å²) in [5.41, 5.74) is 0.795. The molecular weight excluding hydrogens is 396 g/mol. The molecule has 2 aromatic carbocycles. The number of nitrogens with one attached hydrogen (secondary N) is 1. The zero-order chi connectivity index (χ0) is 21.8. The van der Waals surface area contributed by atoms with Gasteiger partial charge in [0.2, 0.25) is 5.91 Å². The van der Waals surface area contributed by atoms with Crippen molar-refractivity contribution in [3.05, 3.63) is 69.4 Å². The van der Waals surface area contributed by atoms with Crippen molar-refractivity contribution in [1.29, 1.82) is 0 Å². The molecule has 0 bridgehead atoms. The minimum absolute atomic E-state index is 0.0462. The van der Waals surface area contributed by atoms with E-state index in [1.165, 1.54) is 4.57 Å². The van der Waals surface area contributed by atoms with Gasteiger partial charge in [0.1, 0.15) is 5.75 Å². The van der Waals surface area contributed by atoms with E-state index in [1.807, 2.05) is 29.2 Å². The lowest BCUT2D eigenvalue weighted by atomic mass is 10.2. The van der Waals surface area contributed by atoms with E-state index >= 15 is 0 Å². The Balaban J connectivity index is 1.33. The third-order valence-corrected chi connectivity index (χ3v) is 5.72. The number of carbonyl (C=O) groups excluding carboxylic acids is 1. The number of ether oxygens (including phenoxy) is 1. The van der Waals surface area contributed by atoms with Crippen molar-refractivity contribution in [1.82, 2.24) is 14.5 Å². The molecule has 1 aliphatic rings. The predicted molar refractivity (Wildman–Crippen MR) is 120 cm³/mol. The van der Waals surface area contributed by atoms with Gasteiger partial charge in [-0.3, -0.25) is 14.2 Å². The largest absolute Gasteiger partial charge is 0.495 e. The monoisotopic (exact) mass is 422 g/mol. The highest BCUT2D eigenvalue weighted by molar-refractivity contribution is 5.77. The van der Waals surface area contributed by atoms with Crippen LogP contribution in [0.3, 0.4) is 0 Å². The van der Waals surface area contributed by atoms with E-state index < -0.39 is 5.69 Å². The van der Waals surface area contributed by atoms with Gasteiger partial charge < -0.3 is 19.5 Å². The van der Waals surface area contributed by atoms with Gasteiger partial charge >= 0.3 is 5.69 Å². The number of amides is 1. The van der Waals surface area contributed by atoms with Gasteiger partial charge in [-0.05, 0) is 30.7 Å². The second kappa shape index (κ2) is 9.07. The van der Waals surface area contributed by atoms with Crippen LogP contribution in [-0.2, 0) is 11.3 Å². The lowest BCUT2D eigenvalue weighted by Crippen LogP contribution is -2.49. The van der Waals surface area contributed by atoms with Crippen LogP contribution in [0.4, 0.5) is 5.69 Å². The van der Waals surface area contributed by atoms with Crippen molar-refractivity contribution in [2.45, 2.75) is 19.4 Å². The molecule has 1 amide bonds. The lowest BCUT2D eigenvalue weighted by Gasteiger charge is -2.36. The molecule has 1 saturated heterocycles. The van der Waals surface area contributed by atoms with Gasteiger partial charge in [-0.1, -0.05) is 24.3 Å². The van der Waals surface area contributed by atoms with Crippen LogP contribution in [-0.4, -0.2) is 53.6 Å². The Bertz CT molecular complexity index is 1190. The second-order valence-corrected chi connectivity index (χ2v) is 7.58. The Labute approximate surface area is 179 Å². The zero-order valence-corrected chi connectivity index (χ0v) is 17.5. The van der Waals surface area contributed by atoms with E-state index in [4.69, 9.17) is 4.74 Å². The van der Waals surface area contributed by atoms with Crippen LogP contribution in [0.1, 0.15) is 12.8 Å². The van der Waals surface area contributed by atoms with Crippen molar-refractivity contribution in [3.8, 4) is 5.75 Å². The van der Waals surface area contributed by atoms with Crippen LogP contribution < -0.4 is 20.9 Å². The number of aromatic nitrogens is 2. The fraction of sp³-hybridized carbons (Fsp3) is 0.348. The number of benzene rings is 2. The molecule has 0 saturated carbocycles. The number of anilines is 1. The summed E-state index contributed by atoms with van der Waals surface area (Å²) in [6.07, 6.45) is 0.736. The highest BCUT2D eigenvalue weighted by atomic mass is 16.5. The fourth-order valence-electron chi connectivity index (χ4n) is 4.04. The molecule has 0 radical (unpaired) electrons. The van der Waals surface area contributed by atoms with E-state index in [0.29, 0.717) is 36.8 Å². The van der Waals surface area contributed by atoms with E-state index in [-0.39, 0.29) is 18.0 Å². The van der Waals surface area contributed by atoms with Gasteiger partial charge in [-0.2, -0.15) is 0 Å². The van der Waals surface area contributed by atoms with E-state index in [9.17, 15) is 14.4 Å². The van der Waals surface area contributed by atoms with Crippen molar-refractivity contribution in [2.24, 2.45) is 0 Å². The summed E-state index contributed by atoms with van der Waals surface area (Å²) in [4.78, 5) is 44.3. The third-order valence-electron chi connectivity index (χ3n) is 5.72. The number of aromatic amines is 1. The van der Waals surface area contributed by atoms with Crippen molar-refractivity contribution in [3.63, 3.8) is 0 Å². The maximum atomic E-state index is 12.6. The first kappa shape index (κ1) is 20.7. The maximum absolute atomic E-state index is 12.6. The van der Waals surface area contributed by atoms with Crippen LogP contribution in [0.15, 0.2) is 58.1 Å². The van der Waals surface area contributed by atoms with Gasteiger partial charge in [0, 0.05) is 39.1 Å². The standard InChI is InChI=1S/C23H26N4O4/c1-31-20-10-5-4-9-19(20)25-13-15-26(16-14-25)21(28)11-6-12-27-22(29)17-7-2-3-8-18(17)24-23(27)30/h2-5,7-10H,6,11-16H2,1H3,(H,24,30). The number of carbonyl (C=O) groups is 1. The summed E-state index contributed by atoms with van der Waals surface area (Å²) in [6, 6.07) is 14.8. The van der Waals surface area contributed by atoms with Crippen LogP contribution in [0.5, 0.6) is 5.75 Å². The summed E-state index contributed by atoms with van der Waals surface area (Å²) < 4.78 is 6.61. The number of piperazine rings is 1. The Kier molecular flexibility index (Phi) is 6.06. The zero-order valence-electron chi connectivity index (χ0n) is 17.5. The molecule has 162 valence electrons. The van der Waals surface area contributed by atoms with E-state index in [2.05, 4.69) is 9.88 Å². The van der Waals surface area contributed by atoms with E-state index in [1.54, 1.807) is 31.4 Å². The molecule has 0 atom stereocenters. The Morgan fingerprint density at radius 2 is 1.71 bits per heavy atom. The molecule has 0 unspecified atom stereocenters. The van der Waals surface area contributed by atoms with E-state index in [0.717, 1.165) is 24.5 Å². The molecule has 1 aromatic heterocycles. The molecule has 8 nitrogen and oxygen atoms in total. The number of hydrogen-bond donors (Lipinski definition) is 1. The number of hydrogen-bond acceptors (Lipinski definition) is 5. The predicted octanol–water partition coefficient (Wildman–Crippen LogP) is 1.83. The highest BCUT2D eigenvalue weighted by Gasteiger charge is 2.22. The third kappa shape index (κ3) is 4.33. The quantitative estimate of drug-likeness (QED) is 0.655. The Morgan fingerprint density at radius 3 is 2.48 bits per heavy atom. The van der Waals surface area contributed by atoms with Gasteiger partial charge in [0.15, 0.2) is 0 Å². The highest BCUT2D eigenvalue weighted by Crippen LogP contribution is 2.28. The number of methoxy groups -OCH3 is 1. The number of rotatable bonds is 6. The molecule has 1 N–H and O–H groups in total. The first-order valence-corrected chi connectivity index (χ1v) is 10.5. The topological polar surface area (TPSA) is 87.6 Å². The first-order valence-electron chi connectivity index (χ1n) is 10.5. The van der Waals surface area contributed by atoms with Crippen LogP contribution in [0.25, 0.3) is 10.9 Å². The normalized spacial score (nSPS) is 14.1. The molecule has 2 heterocycles. The smallest absolute Gasteiger partial charge is 0.328 e. The van der Waals surface area contributed by atoms with Crippen molar-refractivity contribution in [2.75, 3.05) is 38.2 Å². The lowest BCUT2D eigenvalue weighted by molar-refractivity contribution is -0.131. The number of para-hydroxylation sites is 3. The molecule has 1 fully saturated rings. The Morgan fingerprint density at radius 1 is 1.00 bits per heavy atom. The molecule has 1 aliphatic heterocycles. The van der Waals surface area contributed by atoms with Crippen LogP contribution in [0.2, 0.25) is 0 Å². The van der Waals surface area contributed by atoms with Crippen LogP contribution in [0, 0.1) is 0 Å². The summed E-state index contributed by atoms with van der Waals surface area (Å²) in [6.45, 7) is 2.94. The SMILES string of the molecule is COc1ccccc1N1CCN(C(=O)CCCn2c(=O)[nH]c3ccccc3c2=O)CC1. The summed E-state index contributed by atoms with van der Waals surface area (Å²) >= 11 is 0. The first-order chi connectivity index (χ1) is 15.1. The Hall–Kier alpha value is -3.55. The van der Waals surface area contributed by atoms with Crippen molar-refractivity contribution >= 4 is 22.5 Å². The summed E-state index contributed by atoms with van der Waals surface area (Å²) in [5, 5.41) is 0.473. The summed E-state index contributed by atoms with van der Waals surface area (Å²) in [7, 11) is 1.66. The maximum Gasteiger partial charge on any atom is 0.328 e. The molecule has 0 spiro atoms.